The van der Waals surface area contributed by atoms with E-state index in [1.807, 2.05) is 61.5 Å². The number of rotatable bonds is 6. The van der Waals surface area contributed by atoms with Crippen molar-refractivity contribution in [3.8, 4) is 5.75 Å². The summed E-state index contributed by atoms with van der Waals surface area (Å²) in [6.07, 6.45) is 0.611. The van der Waals surface area contributed by atoms with E-state index in [9.17, 15) is 4.79 Å². The minimum Gasteiger partial charge on any atom is -0.497 e. The number of carbonyl (C=O) groups is 1. The van der Waals surface area contributed by atoms with Gasteiger partial charge in [0.2, 0.25) is 5.91 Å². The minimum atomic E-state index is -0.495. The molecule has 0 saturated heterocycles. The third-order valence-electron chi connectivity index (χ3n) is 3.59. The van der Waals surface area contributed by atoms with Crippen LogP contribution in [-0.2, 0) is 11.3 Å². The molecule has 0 fully saturated rings. The fraction of sp³-hybridized carbons (Fsp3) is 0.278. The van der Waals surface area contributed by atoms with Gasteiger partial charge in [-0.2, -0.15) is 0 Å². The maximum absolute atomic E-state index is 12.6. The van der Waals surface area contributed by atoms with Crippen molar-refractivity contribution in [2.24, 2.45) is 5.73 Å². The van der Waals surface area contributed by atoms with Gasteiger partial charge in [-0.25, -0.2) is 0 Å². The summed E-state index contributed by atoms with van der Waals surface area (Å²) in [7, 11) is 1.62. The van der Waals surface area contributed by atoms with Gasteiger partial charge in [0.1, 0.15) is 5.75 Å². The van der Waals surface area contributed by atoms with Crippen LogP contribution in [0.5, 0.6) is 5.75 Å². The van der Waals surface area contributed by atoms with Gasteiger partial charge in [-0.15, -0.1) is 0 Å². The molecule has 2 aromatic carbocycles. The lowest BCUT2D eigenvalue weighted by Crippen LogP contribution is -2.43. The Labute approximate surface area is 131 Å². The summed E-state index contributed by atoms with van der Waals surface area (Å²) in [5.41, 5.74) is 7.83. The number of carbonyl (C=O) groups excluding carboxylic acids is 1. The van der Waals surface area contributed by atoms with E-state index in [2.05, 4.69) is 0 Å². The number of methoxy groups -OCH3 is 1. The highest BCUT2D eigenvalue weighted by atomic mass is 16.5. The Balaban J connectivity index is 2.29. The zero-order chi connectivity index (χ0) is 15.9. The van der Waals surface area contributed by atoms with E-state index in [0.717, 1.165) is 17.0 Å². The Kier molecular flexibility index (Phi) is 5.55. The van der Waals surface area contributed by atoms with Crippen LogP contribution in [0.25, 0.3) is 0 Å². The van der Waals surface area contributed by atoms with E-state index >= 15 is 0 Å². The molecular weight excluding hydrogens is 276 g/mol. The van der Waals surface area contributed by atoms with E-state index < -0.39 is 6.04 Å². The first kappa shape index (κ1) is 16.0. The van der Waals surface area contributed by atoms with Crippen molar-refractivity contribution in [3.05, 3.63) is 60.2 Å². The van der Waals surface area contributed by atoms with Crippen LogP contribution in [0, 0.1) is 0 Å². The molecule has 116 valence electrons. The highest BCUT2D eigenvalue weighted by Crippen LogP contribution is 2.22. The Morgan fingerprint density at radius 3 is 2.32 bits per heavy atom. The molecule has 0 aromatic heterocycles. The lowest BCUT2D eigenvalue weighted by atomic mass is 10.1. The fourth-order valence-corrected chi connectivity index (χ4v) is 2.20. The monoisotopic (exact) mass is 298 g/mol. The number of nitrogens with zero attached hydrogens (tertiary/aromatic N) is 1. The van der Waals surface area contributed by atoms with Gasteiger partial charge in [0, 0.05) is 5.69 Å². The van der Waals surface area contributed by atoms with Gasteiger partial charge >= 0.3 is 0 Å². The van der Waals surface area contributed by atoms with Crippen LogP contribution in [0.4, 0.5) is 5.69 Å². The molecule has 2 N–H and O–H groups in total. The Morgan fingerprint density at radius 1 is 1.14 bits per heavy atom. The molecule has 0 radical (unpaired) electrons. The molecule has 0 spiro atoms. The van der Waals surface area contributed by atoms with Crippen molar-refractivity contribution in [2.75, 3.05) is 12.0 Å². The second-order valence-corrected chi connectivity index (χ2v) is 5.12. The predicted octanol–water partition coefficient (Wildman–Crippen LogP) is 2.97. The van der Waals surface area contributed by atoms with Crippen molar-refractivity contribution in [1.82, 2.24) is 0 Å². The standard InChI is InChI=1S/C18H22N2O2/c1-3-17(19)18(21)20(13-14-7-5-4-6-8-14)15-9-11-16(22-2)12-10-15/h4-12,17H,3,13,19H2,1-2H3/t17-/m0/s1. The second-order valence-electron chi connectivity index (χ2n) is 5.12. The summed E-state index contributed by atoms with van der Waals surface area (Å²) in [5, 5.41) is 0. The third-order valence-corrected chi connectivity index (χ3v) is 3.59. The highest BCUT2D eigenvalue weighted by Gasteiger charge is 2.21. The maximum Gasteiger partial charge on any atom is 0.244 e. The number of ether oxygens (including phenoxy) is 1. The largest absolute Gasteiger partial charge is 0.497 e. The smallest absolute Gasteiger partial charge is 0.244 e. The summed E-state index contributed by atoms with van der Waals surface area (Å²) >= 11 is 0. The molecule has 1 amide bonds. The molecule has 0 saturated carbocycles. The lowest BCUT2D eigenvalue weighted by Gasteiger charge is -2.26. The highest BCUT2D eigenvalue weighted by molar-refractivity contribution is 5.97. The molecule has 0 aliphatic rings. The maximum atomic E-state index is 12.6. The number of hydrogen-bond acceptors (Lipinski definition) is 3. The molecule has 0 unspecified atom stereocenters. The van der Waals surface area contributed by atoms with Crippen LogP contribution < -0.4 is 15.4 Å². The van der Waals surface area contributed by atoms with Gasteiger partial charge in [0.25, 0.3) is 0 Å². The normalized spacial score (nSPS) is 11.8. The summed E-state index contributed by atoms with van der Waals surface area (Å²) < 4.78 is 5.17. The first-order valence-corrected chi connectivity index (χ1v) is 7.40. The Bertz CT molecular complexity index is 596. The van der Waals surface area contributed by atoms with Gasteiger partial charge in [-0.05, 0) is 36.2 Å². The molecule has 22 heavy (non-hydrogen) atoms. The summed E-state index contributed by atoms with van der Waals surface area (Å²) in [4.78, 5) is 14.3. The molecule has 0 bridgehead atoms. The van der Waals surface area contributed by atoms with E-state index in [1.54, 1.807) is 12.0 Å². The number of hydrogen-bond donors (Lipinski definition) is 1. The average molecular weight is 298 g/mol. The summed E-state index contributed by atoms with van der Waals surface area (Å²) in [5.74, 6) is 0.687. The minimum absolute atomic E-state index is 0.0727. The SMILES string of the molecule is CC[C@H](N)C(=O)N(Cc1ccccc1)c1ccc(OC)cc1. The predicted molar refractivity (Wildman–Crippen MR) is 88.9 cm³/mol. The molecule has 0 aliphatic carbocycles. The van der Waals surface area contributed by atoms with Gasteiger partial charge < -0.3 is 15.4 Å². The Morgan fingerprint density at radius 2 is 1.77 bits per heavy atom. The molecule has 2 aromatic rings. The number of benzene rings is 2. The average Bonchev–Trinajstić information content (AvgIpc) is 2.59. The van der Waals surface area contributed by atoms with Crippen molar-refractivity contribution in [3.63, 3.8) is 0 Å². The fourth-order valence-electron chi connectivity index (χ4n) is 2.20. The molecule has 2 rings (SSSR count). The molecule has 4 nitrogen and oxygen atoms in total. The molecule has 4 heteroatoms. The number of nitrogens with two attached hydrogens (primary N) is 1. The molecule has 0 aliphatic heterocycles. The van der Waals surface area contributed by atoms with Crippen LogP contribution in [-0.4, -0.2) is 19.1 Å². The van der Waals surface area contributed by atoms with E-state index in [-0.39, 0.29) is 5.91 Å². The topological polar surface area (TPSA) is 55.6 Å². The summed E-state index contributed by atoms with van der Waals surface area (Å²) in [6.45, 7) is 2.41. The van der Waals surface area contributed by atoms with E-state index in [4.69, 9.17) is 10.5 Å². The number of amides is 1. The van der Waals surface area contributed by atoms with E-state index in [1.165, 1.54) is 0 Å². The van der Waals surface area contributed by atoms with E-state index in [0.29, 0.717) is 13.0 Å². The van der Waals surface area contributed by atoms with Gasteiger partial charge in [0.05, 0.1) is 19.7 Å². The second kappa shape index (κ2) is 7.61. The lowest BCUT2D eigenvalue weighted by molar-refractivity contribution is -0.120. The zero-order valence-corrected chi connectivity index (χ0v) is 13.0. The van der Waals surface area contributed by atoms with Crippen LogP contribution in [0.1, 0.15) is 18.9 Å². The van der Waals surface area contributed by atoms with Crippen LogP contribution >= 0.6 is 0 Å². The molecular formula is C18H22N2O2. The van der Waals surface area contributed by atoms with Gasteiger partial charge in [-0.3, -0.25) is 4.79 Å². The quantitative estimate of drug-likeness (QED) is 0.892. The van der Waals surface area contributed by atoms with Crippen LogP contribution in [0.3, 0.4) is 0 Å². The molecule has 0 heterocycles. The summed E-state index contributed by atoms with van der Waals surface area (Å²) in [6, 6.07) is 16.8. The van der Waals surface area contributed by atoms with Crippen LogP contribution in [0.2, 0.25) is 0 Å². The molecule has 1 atom stereocenters. The van der Waals surface area contributed by atoms with Crippen molar-refractivity contribution >= 4 is 11.6 Å². The van der Waals surface area contributed by atoms with Crippen LogP contribution in [0.15, 0.2) is 54.6 Å². The van der Waals surface area contributed by atoms with Crippen molar-refractivity contribution in [2.45, 2.75) is 25.9 Å². The van der Waals surface area contributed by atoms with Gasteiger partial charge in [0.15, 0.2) is 0 Å². The van der Waals surface area contributed by atoms with Gasteiger partial charge in [-0.1, -0.05) is 37.3 Å². The zero-order valence-electron chi connectivity index (χ0n) is 13.0. The van der Waals surface area contributed by atoms with Crippen molar-refractivity contribution in [1.29, 1.82) is 0 Å². The third kappa shape index (κ3) is 3.86. The Hall–Kier alpha value is -2.33. The number of anilines is 1. The first-order chi connectivity index (χ1) is 10.7. The first-order valence-electron chi connectivity index (χ1n) is 7.40. The van der Waals surface area contributed by atoms with Crippen molar-refractivity contribution < 1.29 is 9.53 Å².